The lowest BCUT2D eigenvalue weighted by molar-refractivity contribution is -0.140. The highest BCUT2D eigenvalue weighted by molar-refractivity contribution is 7.92. The lowest BCUT2D eigenvalue weighted by Gasteiger charge is -2.33. The molecule has 0 saturated heterocycles. The second-order valence-electron chi connectivity index (χ2n) is 8.90. The van der Waals surface area contributed by atoms with Gasteiger partial charge < -0.3 is 19.7 Å². The Labute approximate surface area is 214 Å². The molecular weight excluding hydrogens is 482 g/mol. The molecule has 0 heterocycles. The third-order valence-electron chi connectivity index (χ3n) is 5.60. The molecule has 0 fully saturated rings. The van der Waals surface area contributed by atoms with Crippen molar-refractivity contribution in [2.75, 3.05) is 37.9 Å². The largest absolute Gasteiger partial charge is 0.497 e. The number of carbonyl (C=O) groups excluding carboxylic acids is 2. The van der Waals surface area contributed by atoms with Crippen LogP contribution in [-0.4, -0.2) is 64.7 Å². The van der Waals surface area contributed by atoms with Crippen molar-refractivity contribution >= 4 is 27.5 Å². The smallest absolute Gasteiger partial charge is 0.244 e. The van der Waals surface area contributed by atoms with Crippen molar-refractivity contribution in [3.63, 3.8) is 0 Å². The SMILES string of the molecule is CC[C@H](C(=O)NCC(C)C)N(Cc1cccc(OC)c1)C(=O)CN(c1ccc(OC)cc1)S(C)(=O)=O. The Morgan fingerprint density at radius 1 is 1.00 bits per heavy atom. The molecule has 0 aromatic heterocycles. The van der Waals surface area contributed by atoms with Gasteiger partial charge in [0.2, 0.25) is 21.8 Å². The zero-order valence-electron chi connectivity index (χ0n) is 21.9. The number of hydrogen-bond donors (Lipinski definition) is 1. The first-order chi connectivity index (χ1) is 17.0. The Hall–Kier alpha value is -3.27. The van der Waals surface area contributed by atoms with Crippen LogP contribution in [0.4, 0.5) is 5.69 Å². The summed E-state index contributed by atoms with van der Waals surface area (Å²) in [6, 6.07) is 12.8. The van der Waals surface area contributed by atoms with Crippen molar-refractivity contribution < 1.29 is 27.5 Å². The van der Waals surface area contributed by atoms with Crippen LogP contribution in [0, 0.1) is 5.92 Å². The van der Waals surface area contributed by atoms with Gasteiger partial charge in [-0.1, -0.05) is 32.9 Å². The highest BCUT2D eigenvalue weighted by Gasteiger charge is 2.31. The number of nitrogens with zero attached hydrogens (tertiary/aromatic N) is 2. The molecule has 9 nitrogen and oxygen atoms in total. The van der Waals surface area contributed by atoms with Crippen LogP contribution in [0.25, 0.3) is 0 Å². The average Bonchev–Trinajstić information content (AvgIpc) is 2.85. The molecule has 2 rings (SSSR count). The van der Waals surface area contributed by atoms with E-state index in [0.29, 0.717) is 30.2 Å². The first-order valence-electron chi connectivity index (χ1n) is 11.8. The Morgan fingerprint density at radius 2 is 1.64 bits per heavy atom. The van der Waals surface area contributed by atoms with Crippen LogP contribution in [0.3, 0.4) is 0 Å². The van der Waals surface area contributed by atoms with Crippen molar-refractivity contribution in [1.29, 1.82) is 0 Å². The summed E-state index contributed by atoms with van der Waals surface area (Å²) in [5, 5.41) is 2.90. The first kappa shape index (κ1) is 29.0. The van der Waals surface area contributed by atoms with Crippen molar-refractivity contribution in [1.82, 2.24) is 10.2 Å². The average molecular weight is 520 g/mol. The monoisotopic (exact) mass is 519 g/mol. The van der Waals surface area contributed by atoms with Gasteiger partial charge in [0.15, 0.2) is 0 Å². The molecule has 1 N–H and O–H groups in total. The van der Waals surface area contributed by atoms with E-state index in [-0.39, 0.29) is 18.4 Å². The lowest BCUT2D eigenvalue weighted by atomic mass is 10.1. The van der Waals surface area contributed by atoms with Gasteiger partial charge in [0.25, 0.3) is 0 Å². The van der Waals surface area contributed by atoms with Gasteiger partial charge >= 0.3 is 0 Å². The third kappa shape index (κ3) is 8.15. The highest BCUT2D eigenvalue weighted by Crippen LogP contribution is 2.23. The van der Waals surface area contributed by atoms with Gasteiger partial charge in [-0.2, -0.15) is 0 Å². The number of methoxy groups -OCH3 is 2. The minimum absolute atomic E-state index is 0.115. The van der Waals surface area contributed by atoms with Gasteiger partial charge in [-0.15, -0.1) is 0 Å². The van der Waals surface area contributed by atoms with E-state index in [2.05, 4.69) is 5.32 Å². The molecule has 2 aromatic carbocycles. The predicted molar refractivity (Wildman–Crippen MR) is 141 cm³/mol. The number of rotatable bonds is 13. The molecule has 0 saturated carbocycles. The summed E-state index contributed by atoms with van der Waals surface area (Å²) >= 11 is 0. The maximum Gasteiger partial charge on any atom is 0.244 e. The number of carbonyl (C=O) groups is 2. The molecule has 36 heavy (non-hydrogen) atoms. The van der Waals surface area contributed by atoms with E-state index in [1.54, 1.807) is 49.6 Å². The number of nitrogens with one attached hydrogen (secondary N) is 1. The van der Waals surface area contributed by atoms with Crippen molar-refractivity contribution in [3.05, 3.63) is 54.1 Å². The minimum atomic E-state index is -3.80. The number of benzene rings is 2. The fraction of sp³-hybridized carbons (Fsp3) is 0.462. The minimum Gasteiger partial charge on any atom is -0.497 e. The highest BCUT2D eigenvalue weighted by atomic mass is 32.2. The molecule has 0 bridgehead atoms. The van der Waals surface area contributed by atoms with Crippen LogP contribution in [0.2, 0.25) is 0 Å². The molecule has 2 amide bonds. The van der Waals surface area contributed by atoms with Crippen LogP contribution in [0.5, 0.6) is 11.5 Å². The zero-order valence-corrected chi connectivity index (χ0v) is 22.7. The zero-order chi connectivity index (χ0) is 26.9. The second kappa shape index (κ2) is 13.2. The van der Waals surface area contributed by atoms with E-state index in [9.17, 15) is 18.0 Å². The maximum atomic E-state index is 13.7. The van der Waals surface area contributed by atoms with E-state index < -0.39 is 28.5 Å². The summed E-state index contributed by atoms with van der Waals surface area (Å²) in [6.45, 7) is 5.92. The topological polar surface area (TPSA) is 105 Å². The molecule has 0 radical (unpaired) electrons. The van der Waals surface area contributed by atoms with Crippen molar-refractivity contribution in [2.24, 2.45) is 5.92 Å². The van der Waals surface area contributed by atoms with Crippen LogP contribution in [-0.2, 0) is 26.2 Å². The normalized spacial score (nSPS) is 12.1. The van der Waals surface area contributed by atoms with Crippen LogP contribution < -0.4 is 19.1 Å². The fourth-order valence-corrected chi connectivity index (χ4v) is 4.52. The molecule has 10 heteroatoms. The summed E-state index contributed by atoms with van der Waals surface area (Å²) < 4.78 is 36.8. The summed E-state index contributed by atoms with van der Waals surface area (Å²) in [4.78, 5) is 28.2. The van der Waals surface area contributed by atoms with Crippen LogP contribution in [0.1, 0.15) is 32.8 Å². The van der Waals surface area contributed by atoms with Gasteiger partial charge in [0.05, 0.1) is 26.2 Å². The summed E-state index contributed by atoms with van der Waals surface area (Å²) in [5.41, 5.74) is 1.08. The molecule has 0 aliphatic heterocycles. The van der Waals surface area contributed by atoms with E-state index in [1.807, 2.05) is 26.8 Å². The molecular formula is C26H37N3O6S. The first-order valence-corrected chi connectivity index (χ1v) is 13.7. The summed E-state index contributed by atoms with van der Waals surface area (Å²) in [6.07, 6.45) is 1.41. The van der Waals surface area contributed by atoms with Gasteiger partial charge in [-0.3, -0.25) is 13.9 Å². The Kier molecular flexibility index (Phi) is 10.6. The number of sulfonamides is 1. The molecule has 2 aromatic rings. The molecule has 0 spiro atoms. The number of amides is 2. The van der Waals surface area contributed by atoms with Gasteiger partial charge in [-0.05, 0) is 54.3 Å². The van der Waals surface area contributed by atoms with E-state index in [0.717, 1.165) is 16.1 Å². The summed E-state index contributed by atoms with van der Waals surface area (Å²) in [7, 11) is -0.736. The lowest BCUT2D eigenvalue weighted by Crippen LogP contribution is -2.52. The predicted octanol–water partition coefficient (Wildman–Crippen LogP) is 3.05. The number of hydrogen-bond acceptors (Lipinski definition) is 6. The van der Waals surface area contributed by atoms with E-state index >= 15 is 0 Å². The molecule has 0 aliphatic rings. The Balaban J connectivity index is 2.43. The van der Waals surface area contributed by atoms with Gasteiger partial charge in [0.1, 0.15) is 24.1 Å². The second-order valence-corrected chi connectivity index (χ2v) is 10.8. The van der Waals surface area contributed by atoms with Gasteiger partial charge in [-0.25, -0.2) is 8.42 Å². The van der Waals surface area contributed by atoms with E-state index in [1.165, 1.54) is 12.0 Å². The molecule has 198 valence electrons. The van der Waals surface area contributed by atoms with Crippen LogP contribution >= 0.6 is 0 Å². The number of ether oxygens (including phenoxy) is 2. The van der Waals surface area contributed by atoms with Crippen molar-refractivity contribution in [2.45, 2.75) is 39.8 Å². The Morgan fingerprint density at radius 3 is 2.17 bits per heavy atom. The molecule has 1 atom stereocenters. The number of anilines is 1. The Bertz CT molecular complexity index is 1120. The molecule has 0 aliphatic carbocycles. The fourth-order valence-electron chi connectivity index (χ4n) is 3.67. The standard InChI is InChI=1S/C26H37N3O6S/c1-7-24(26(31)27-16-19(2)3)28(17-20-9-8-10-23(15-20)35-5)25(30)18-29(36(6,32)33)21-11-13-22(34-4)14-12-21/h8-15,19,24H,7,16-18H2,1-6H3,(H,27,31)/t24-/m1/s1. The van der Waals surface area contributed by atoms with Gasteiger partial charge in [0, 0.05) is 13.1 Å². The maximum absolute atomic E-state index is 13.7. The quantitative estimate of drug-likeness (QED) is 0.436. The van der Waals surface area contributed by atoms with E-state index in [4.69, 9.17) is 9.47 Å². The third-order valence-corrected chi connectivity index (χ3v) is 6.74. The van der Waals surface area contributed by atoms with Crippen LogP contribution in [0.15, 0.2) is 48.5 Å². The molecule has 0 unspecified atom stereocenters. The van der Waals surface area contributed by atoms with Crippen molar-refractivity contribution in [3.8, 4) is 11.5 Å². The summed E-state index contributed by atoms with van der Waals surface area (Å²) in [5.74, 6) is 0.646.